The molecule has 3 aromatic carbocycles. The summed E-state index contributed by atoms with van der Waals surface area (Å²) in [5.74, 6) is 0.755. The summed E-state index contributed by atoms with van der Waals surface area (Å²) in [5, 5.41) is 2.67. The van der Waals surface area contributed by atoms with E-state index in [4.69, 9.17) is 9.47 Å². The van der Waals surface area contributed by atoms with Crippen LogP contribution in [0.15, 0.2) is 83.0 Å². The Balaban J connectivity index is 1.56. The topological polar surface area (TPSA) is 67.9 Å². The van der Waals surface area contributed by atoms with Gasteiger partial charge in [-0.2, -0.15) is 0 Å². The number of halogens is 1. The molecule has 0 unspecified atom stereocenters. The van der Waals surface area contributed by atoms with Crippen LogP contribution in [0.3, 0.4) is 0 Å². The SMILES string of the molecule is CCOc1cc(/C=C2/NC(=O)N(Cc3ccccc3)C2=O)cc(Br)c1OCc1ccccc1. The molecule has 0 radical (unpaired) electrons. The van der Waals surface area contributed by atoms with Crippen molar-refractivity contribution in [1.29, 1.82) is 0 Å². The second kappa shape index (κ2) is 10.4. The summed E-state index contributed by atoms with van der Waals surface area (Å²) in [7, 11) is 0. The highest BCUT2D eigenvalue weighted by molar-refractivity contribution is 9.10. The summed E-state index contributed by atoms with van der Waals surface area (Å²) in [6.07, 6.45) is 1.64. The first-order valence-corrected chi connectivity index (χ1v) is 11.4. The lowest BCUT2D eigenvalue weighted by molar-refractivity contribution is -0.123. The van der Waals surface area contributed by atoms with E-state index in [2.05, 4.69) is 21.2 Å². The van der Waals surface area contributed by atoms with Crippen molar-refractivity contribution in [2.75, 3.05) is 6.61 Å². The average Bonchev–Trinajstić information content (AvgIpc) is 3.07. The van der Waals surface area contributed by atoms with Gasteiger partial charge in [0.15, 0.2) is 11.5 Å². The molecule has 1 fully saturated rings. The van der Waals surface area contributed by atoms with Gasteiger partial charge in [-0.3, -0.25) is 9.69 Å². The zero-order valence-corrected chi connectivity index (χ0v) is 19.7. The van der Waals surface area contributed by atoms with Gasteiger partial charge in [-0.15, -0.1) is 0 Å². The van der Waals surface area contributed by atoms with Crippen LogP contribution in [0.25, 0.3) is 6.08 Å². The van der Waals surface area contributed by atoms with E-state index in [1.54, 1.807) is 12.1 Å². The summed E-state index contributed by atoms with van der Waals surface area (Å²) in [5.41, 5.74) is 2.82. The molecule has 6 nitrogen and oxygen atoms in total. The molecule has 0 aromatic heterocycles. The summed E-state index contributed by atoms with van der Waals surface area (Å²) in [6.45, 7) is 2.95. The second-order valence-corrected chi connectivity index (χ2v) is 8.26. The monoisotopic (exact) mass is 506 g/mol. The molecule has 0 spiro atoms. The number of amides is 3. The van der Waals surface area contributed by atoms with Gasteiger partial charge in [0.2, 0.25) is 0 Å². The van der Waals surface area contributed by atoms with Crippen molar-refractivity contribution in [2.24, 2.45) is 0 Å². The predicted octanol–water partition coefficient (Wildman–Crippen LogP) is 5.52. The fourth-order valence-corrected chi connectivity index (χ4v) is 4.03. The molecule has 1 saturated heterocycles. The Bertz CT molecular complexity index is 1180. The largest absolute Gasteiger partial charge is 0.490 e. The maximum atomic E-state index is 12.9. The number of nitrogens with one attached hydrogen (secondary N) is 1. The smallest absolute Gasteiger partial charge is 0.329 e. The van der Waals surface area contributed by atoms with E-state index in [9.17, 15) is 9.59 Å². The molecule has 1 heterocycles. The molecule has 7 heteroatoms. The Morgan fingerprint density at radius 1 is 0.939 bits per heavy atom. The maximum Gasteiger partial charge on any atom is 0.329 e. The van der Waals surface area contributed by atoms with E-state index >= 15 is 0 Å². The fourth-order valence-electron chi connectivity index (χ4n) is 3.45. The minimum Gasteiger partial charge on any atom is -0.490 e. The number of carbonyl (C=O) groups excluding carboxylic acids is 2. The number of benzene rings is 3. The van der Waals surface area contributed by atoms with Crippen molar-refractivity contribution in [2.45, 2.75) is 20.1 Å². The second-order valence-electron chi connectivity index (χ2n) is 7.40. The number of nitrogens with zero attached hydrogens (tertiary/aromatic N) is 1. The number of urea groups is 1. The van der Waals surface area contributed by atoms with Crippen LogP contribution >= 0.6 is 15.9 Å². The maximum absolute atomic E-state index is 12.9. The standard InChI is InChI=1S/C26H23BrN2O4/c1-2-32-23-15-20(13-21(27)24(23)33-17-19-11-7-4-8-12-19)14-22-25(30)29(26(31)28-22)16-18-9-5-3-6-10-18/h3-15H,2,16-17H2,1H3,(H,28,31)/b22-14+. The third kappa shape index (κ3) is 5.43. The first-order valence-electron chi connectivity index (χ1n) is 10.6. The van der Waals surface area contributed by atoms with Crippen LogP contribution in [-0.4, -0.2) is 23.4 Å². The molecule has 3 amide bonds. The van der Waals surface area contributed by atoms with Gasteiger partial charge in [-0.05, 0) is 57.8 Å². The van der Waals surface area contributed by atoms with Crippen molar-refractivity contribution in [3.63, 3.8) is 0 Å². The van der Waals surface area contributed by atoms with Crippen LogP contribution in [0, 0.1) is 0 Å². The highest BCUT2D eigenvalue weighted by atomic mass is 79.9. The molecule has 0 saturated carbocycles. The van der Waals surface area contributed by atoms with Crippen LogP contribution in [0.1, 0.15) is 23.6 Å². The highest BCUT2D eigenvalue weighted by Crippen LogP contribution is 2.38. The third-order valence-electron chi connectivity index (χ3n) is 5.01. The number of rotatable bonds is 8. The van der Waals surface area contributed by atoms with Crippen molar-refractivity contribution in [3.05, 3.63) is 99.7 Å². The molecule has 0 atom stereocenters. The zero-order valence-electron chi connectivity index (χ0n) is 18.1. The van der Waals surface area contributed by atoms with Gasteiger partial charge >= 0.3 is 6.03 Å². The summed E-state index contributed by atoms with van der Waals surface area (Å²) < 4.78 is 12.5. The van der Waals surface area contributed by atoms with Crippen molar-refractivity contribution in [1.82, 2.24) is 10.2 Å². The van der Waals surface area contributed by atoms with E-state index in [1.165, 1.54) is 4.90 Å². The third-order valence-corrected chi connectivity index (χ3v) is 5.60. The molecular weight excluding hydrogens is 484 g/mol. The molecule has 1 aliphatic heterocycles. The van der Waals surface area contributed by atoms with Crippen molar-refractivity contribution < 1.29 is 19.1 Å². The Morgan fingerprint density at radius 2 is 1.61 bits per heavy atom. The normalized spacial score (nSPS) is 14.5. The van der Waals surface area contributed by atoms with Crippen LogP contribution in [0.5, 0.6) is 11.5 Å². The molecule has 3 aromatic rings. The Labute approximate surface area is 200 Å². The number of hydrogen-bond donors (Lipinski definition) is 1. The minimum atomic E-state index is -0.443. The lowest BCUT2D eigenvalue weighted by Crippen LogP contribution is -2.30. The highest BCUT2D eigenvalue weighted by Gasteiger charge is 2.33. The molecular formula is C26H23BrN2O4. The van der Waals surface area contributed by atoms with Crippen LogP contribution in [0.4, 0.5) is 4.79 Å². The van der Waals surface area contributed by atoms with Gasteiger partial charge in [0.25, 0.3) is 5.91 Å². The minimum absolute atomic E-state index is 0.211. The van der Waals surface area contributed by atoms with Crippen LogP contribution in [0.2, 0.25) is 0 Å². The van der Waals surface area contributed by atoms with Gasteiger partial charge in [0, 0.05) is 0 Å². The molecule has 168 valence electrons. The van der Waals surface area contributed by atoms with Crippen LogP contribution < -0.4 is 14.8 Å². The van der Waals surface area contributed by atoms with Crippen molar-refractivity contribution >= 4 is 33.9 Å². The molecule has 1 N–H and O–H groups in total. The van der Waals surface area contributed by atoms with E-state index < -0.39 is 6.03 Å². The van der Waals surface area contributed by atoms with Gasteiger partial charge < -0.3 is 14.8 Å². The van der Waals surface area contributed by atoms with Crippen molar-refractivity contribution in [3.8, 4) is 11.5 Å². The quantitative estimate of drug-likeness (QED) is 0.322. The van der Waals surface area contributed by atoms with Gasteiger partial charge in [0.1, 0.15) is 12.3 Å². The zero-order chi connectivity index (χ0) is 23.2. The first kappa shape index (κ1) is 22.6. The first-order chi connectivity index (χ1) is 16.0. The number of carbonyl (C=O) groups is 2. The number of ether oxygens (including phenoxy) is 2. The van der Waals surface area contributed by atoms with E-state index in [0.29, 0.717) is 34.7 Å². The summed E-state index contributed by atoms with van der Waals surface area (Å²) in [6, 6.07) is 22.4. The Kier molecular flexibility index (Phi) is 7.10. The summed E-state index contributed by atoms with van der Waals surface area (Å²) in [4.78, 5) is 26.4. The lowest BCUT2D eigenvalue weighted by Gasteiger charge is -2.15. The number of imide groups is 1. The van der Waals surface area contributed by atoms with E-state index in [1.807, 2.05) is 73.7 Å². The number of hydrogen-bond acceptors (Lipinski definition) is 4. The fraction of sp³-hybridized carbons (Fsp3) is 0.154. The molecule has 33 heavy (non-hydrogen) atoms. The van der Waals surface area contributed by atoms with E-state index in [-0.39, 0.29) is 18.1 Å². The van der Waals surface area contributed by atoms with E-state index in [0.717, 1.165) is 11.1 Å². The average molecular weight is 507 g/mol. The lowest BCUT2D eigenvalue weighted by atomic mass is 10.1. The predicted molar refractivity (Wildman–Crippen MR) is 130 cm³/mol. The Morgan fingerprint density at radius 3 is 2.27 bits per heavy atom. The van der Waals surface area contributed by atoms with Gasteiger partial charge in [-0.25, -0.2) is 4.79 Å². The molecule has 1 aliphatic rings. The molecule has 4 rings (SSSR count). The van der Waals surface area contributed by atoms with Gasteiger partial charge in [0.05, 0.1) is 17.6 Å². The molecule has 0 bridgehead atoms. The van der Waals surface area contributed by atoms with Crippen LogP contribution in [-0.2, 0) is 17.9 Å². The Hall–Kier alpha value is -3.58. The molecule has 0 aliphatic carbocycles. The van der Waals surface area contributed by atoms with Gasteiger partial charge in [-0.1, -0.05) is 60.7 Å². The summed E-state index contributed by atoms with van der Waals surface area (Å²) >= 11 is 3.56.